The highest BCUT2D eigenvalue weighted by Gasteiger charge is 2.19. The Balaban J connectivity index is 1.65. The minimum atomic E-state index is 0.366. The van der Waals surface area contributed by atoms with E-state index in [-0.39, 0.29) is 0 Å². The lowest BCUT2D eigenvalue weighted by Gasteiger charge is -2.25. The van der Waals surface area contributed by atoms with Crippen molar-refractivity contribution in [2.75, 3.05) is 20.3 Å². The van der Waals surface area contributed by atoms with Gasteiger partial charge in [-0.25, -0.2) is 4.98 Å². The van der Waals surface area contributed by atoms with Crippen LogP contribution in [0.5, 0.6) is 5.88 Å². The van der Waals surface area contributed by atoms with Crippen LogP contribution in [0.2, 0.25) is 0 Å². The van der Waals surface area contributed by atoms with Crippen molar-refractivity contribution in [3.63, 3.8) is 0 Å². The number of rotatable bonds is 7. The molecule has 0 N–H and O–H groups in total. The van der Waals surface area contributed by atoms with Gasteiger partial charge in [0.15, 0.2) is 0 Å². The number of nitrogens with zero attached hydrogens (tertiary/aromatic N) is 2. The van der Waals surface area contributed by atoms with Crippen molar-refractivity contribution >= 4 is 11.3 Å². The van der Waals surface area contributed by atoms with E-state index in [2.05, 4.69) is 32.8 Å². The zero-order valence-corrected chi connectivity index (χ0v) is 13.7. The third-order valence-electron chi connectivity index (χ3n) is 3.89. The predicted octanol–water partition coefficient (Wildman–Crippen LogP) is 3.33. The number of thiophene rings is 1. The molecule has 1 fully saturated rings. The normalized spacial score (nSPS) is 18.0. The van der Waals surface area contributed by atoms with Gasteiger partial charge < -0.3 is 9.47 Å². The molecule has 1 aliphatic rings. The Morgan fingerprint density at radius 1 is 1.32 bits per heavy atom. The molecule has 0 saturated carbocycles. The van der Waals surface area contributed by atoms with Crippen LogP contribution in [0.1, 0.15) is 24.0 Å². The highest BCUT2D eigenvalue weighted by molar-refractivity contribution is 7.07. The summed E-state index contributed by atoms with van der Waals surface area (Å²) in [6.45, 7) is 3.71. The van der Waals surface area contributed by atoms with Gasteiger partial charge in [-0.3, -0.25) is 4.90 Å². The second-order valence-corrected chi connectivity index (χ2v) is 6.43. The first-order valence-corrected chi connectivity index (χ1v) is 8.62. The molecule has 2 aromatic rings. The summed E-state index contributed by atoms with van der Waals surface area (Å²) in [6, 6.07) is 6.20. The fourth-order valence-electron chi connectivity index (χ4n) is 2.79. The molecule has 1 aliphatic heterocycles. The van der Waals surface area contributed by atoms with Crippen LogP contribution in [0.4, 0.5) is 0 Å². The molecule has 3 heterocycles. The van der Waals surface area contributed by atoms with Crippen molar-refractivity contribution < 1.29 is 9.47 Å². The number of methoxy groups -OCH3 is 1. The number of hydrogen-bond donors (Lipinski definition) is 0. The lowest BCUT2D eigenvalue weighted by atomic mass is 10.2. The van der Waals surface area contributed by atoms with Crippen molar-refractivity contribution in [1.29, 1.82) is 0 Å². The molecule has 0 unspecified atom stereocenters. The first-order valence-electron chi connectivity index (χ1n) is 7.67. The highest BCUT2D eigenvalue weighted by Crippen LogP contribution is 2.18. The third kappa shape index (κ3) is 4.29. The number of aromatic nitrogens is 1. The summed E-state index contributed by atoms with van der Waals surface area (Å²) in [6.07, 6.45) is 4.61. The van der Waals surface area contributed by atoms with Gasteiger partial charge in [0.25, 0.3) is 0 Å². The van der Waals surface area contributed by atoms with Crippen LogP contribution in [-0.4, -0.2) is 36.2 Å². The van der Waals surface area contributed by atoms with Crippen molar-refractivity contribution in [3.8, 4) is 5.88 Å². The minimum Gasteiger partial charge on any atom is -0.481 e. The Morgan fingerprint density at radius 3 is 2.86 bits per heavy atom. The summed E-state index contributed by atoms with van der Waals surface area (Å²) in [7, 11) is 1.64. The molecule has 1 saturated heterocycles. The number of ether oxygens (including phenoxy) is 2. The Morgan fingerprint density at radius 2 is 2.23 bits per heavy atom. The van der Waals surface area contributed by atoms with Crippen LogP contribution in [-0.2, 0) is 17.8 Å². The average Bonchev–Trinajstić information content (AvgIpc) is 3.22. The van der Waals surface area contributed by atoms with Gasteiger partial charge in [-0.15, -0.1) is 0 Å². The smallest absolute Gasteiger partial charge is 0.212 e. The number of pyridine rings is 1. The maximum absolute atomic E-state index is 5.80. The maximum Gasteiger partial charge on any atom is 0.212 e. The lowest BCUT2D eigenvalue weighted by molar-refractivity contribution is 0.0679. The van der Waals surface area contributed by atoms with Crippen molar-refractivity contribution in [2.45, 2.75) is 32.0 Å². The monoisotopic (exact) mass is 318 g/mol. The largest absolute Gasteiger partial charge is 0.481 e. The summed E-state index contributed by atoms with van der Waals surface area (Å²) in [4.78, 5) is 6.75. The van der Waals surface area contributed by atoms with Crippen LogP contribution >= 0.6 is 11.3 Å². The molecule has 118 valence electrons. The molecular formula is C17H22N2O2S. The van der Waals surface area contributed by atoms with E-state index >= 15 is 0 Å². The topological polar surface area (TPSA) is 34.6 Å². The summed E-state index contributed by atoms with van der Waals surface area (Å²) in [5.74, 6) is 0.660. The van der Waals surface area contributed by atoms with Crippen molar-refractivity contribution in [2.24, 2.45) is 0 Å². The summed E-state index contributed by atoms with van der Waals surface area (Å²) in [5.41, 5.74) is 2.57. The van der Waals surface area contributed by atoms with E-state index in [0.29, 0.717) is 12.0 Å². The Hall–Kier alpha value is -1.43. The van der Waals surface area contributed by atoms with Crippen LogP contribution in [0.3, 0.4) is 0 Å². The zero-order valence-electron chi connectivity index (χ0n) is 12.9. The molecule has 0 aliphatic carbocycles. The van der Waals surface area contributed by atoms with Gasteiger partial charge in [0.1, 0.15) is 0 Å². The zero-order chi connectivity index (χ0) is 15.2. The fourth-order valence-corrected chi connectivity index (χ4v) is 3.45. The summed E-state index contributed by atoms with van der Waals surface area (Å²) in [5, 5.41) is 4.35. The van der Waals surface area contributed by atoms with Gasteiger partial charge in [0, 0.05) is 38.5 Å². The van der Waals surface area contributed by atoms with E-state index in [0.717, 1.165) is 26.2 Å². The van der Waals surface area contributed by atoms with Crippen molar-refractivity contribution in [3.05, 3.63) is 46.3 Å². The van der Waals surface area contributed by atoms with Crippen LogP contribution < -0.4 is 4.74 Å². The molecule has 0 bridgehead atoms. The van der Waals surface area contributed by atoms with Gasteiger partial charge in [-0.05, 0) is 40.8 Å². The van der Waals surface area contributed by atoms with E-state index in [4.69, 9.17) is 9.47 Å². The second-order valence-electron chi connectivity index (χ2n) is 5.65. The molecule has 2 aromatic heterocycles. The van der Waals surface area contributed by atoms with Gasteiger partial charge >= 0.3 is 0 Å². The van der Waals surface area contributed by atoms with E-state index in [1.165, 1.54) is 24.0 Å². The van der Waals surface area contributed by atoms with Crippen LogP contribution in [0, 0.1) is 0 Å². The molecule has 0 aromatic carbocycles. The van der Waals surface area contributed by atoms with E-state index < -0.39 is 0 Å². The first-order chi connectivity index (χ1) is 10.8. The molecule has 5 heteroatoms. The Labute approximate surface area is 135 Å². The standard InChI is InChI=1S/C17H22N2O2S/c1-20-17-5-4-14(9-18-17)10-19(11-15-6-8-22-13-15)12-16-3-2-7-21-16/h4-6,8-9,13,16H,2-3,7,10-12H2,1H3/t16-/m1/s1. The Kier molecular flexibility index (Phi) is 5.43. The van der Waals surface area contributed by atoms with Crippen LogP contribution in [0.25, 0.3) is 0 Å². The molecule has 22 heavy (non-hydrogen) atoms. The SMILES string of the molecule is COc1ccc(CN(Cc2ccsc2)C[C@H]2CCCO2)cn1. The summed E-state index contributed by atoms with van der Waals surface area (Å²) >= 11 is 1.75. The fraction of sp³-hybridized carbons (Fsp3) is 0.471. The van der Waals surface area contributed by atoms with Crippen molar-refractivity contribution in [1.82, 2.24) is 9.88 Å². The van der Waals surface area contributed by atoms with Gasteiger partial charge in [-0.1, -0.05) is 6.07 Å². The molecule has 3 rings (SSSR count). The molecule has 0 amide bonds. The van der Waals surface area contributed by atoms with Gasteiger partial charge in [0.2, 0.25) is 5.88 Å². The first kappa shape index (κ1) is 15.5. The highest BCUT2D eigenvalue weighted by atomic mass is 32.1. The number of hydrogen-bond acceptors (Lipinski definition) is 5. The molecule has 1 atom stereocenters. The van der Waals surface area contributed by atoms with Gasteiger partial charge in [0.05, 0.1) is 13.2 Å². The van der Waals surface area contributed by atoms with E-state index in [1.807, 2.05) is 12.3 Å². The summed E-state index contributed by atoms with van der Waals surface area (Å²) < 4.78 is 10.9. The second kappa shape index (κ2) is 7.72. The molecule has 4 nitrogen and oxygen atoms in total. The van der Waals surface area contributed by atoms with Crippen LogP contribution in [0.15, 0.2) is 35.2 Å². The molecule has 0 radical (unpaired) electrons. The quantitative estimate of drug-likeness (QED) is 0.784. The minimum absolute atomic E-state index is 0.366. The van der Waals surface area contributed by atoms with E-state index in [1.54, 1.807) is 18.4 Å². The third-order valence-corrected chi connectivity index (χ3v) is 4.62. The van der Waals surface area contributed by atoms with Gasteiger partial charge in [-0.2, -0.15) is 11.3 Å². The molecular weight excluding hydrogens is 296 g/mol. The lowest BCUT2D eigenvalue weighted by Crippen LogP contribution is -2.31. The average molecular weight is 318 g/mol. The predicted molar refractivity (Wildman–Crippen MR) is 88.2 cm³/mol. The molecule has 0 spiro atoms. The maximum atomic E-state index is 5.80. The van der Waals surface area contributed by atoms with E-state index in [9.17, 15) is 0 Å². The Bertz CT molecular complexity index is 551.